The first-order chi connectivity index (χ1) is 9.91. The van der Waals surface area contributed by atoms with Crippen molar-refractivity contribution in [3.8, 4) is 0 Å². The summed E-state index contributed by atoms with van der Waals surface area (Å²) in [5.74, 6) is -0.0879. The number of rotatable bonds is 2. The van der Waals surface area contributed by atoms with Gasteiger partial charge in [-0.3, -0.25) is 0 Å². The first-order valence-corrected chi connectivity index (χ1v) is 8.92. The van der Waals surface area contributed by atoms with Gasteiger partial charge in [0.2, 0.25) is 10.0 Å². The second-order valence-corrected chi connectivity index (χ2v) is 8.01. The lowest BCUT2D eigenvalue weighted by Gasteiger charge is -2.31. The maximum absolute atomic E-state index is 13.5. The molecule has 1 heterocycles. The van der Waals surface area contributed by atoms with Crippen LogP contribution in [0.15, 0.2) is 17.0 Å². The molecule has 4 nitrogen and oxygen atoms in total. The molecule has 3 rings (SSSR count). The monoisotopic (exact) mass is 312 g/mol. The lowest BCUT2D eigenvalue weighted by molar-refractivity contribution is 0.260. The van der Waals surface area contributed by atoms with Crippen molar-refractivity contribution < 1.29 is 12.8 Å². The molecule has 21 heavy (non-hydrogen) atoms. The van der Waals surface area contributed by atoms with E-state index in [1.165, 1.54) is 18.6 Å². The van der Waals surface area contributed by atoms with E-state index in [2.05, 4.69) is 0 Å². The normalized spacial score (nSPS) is 26.8. The van der Waals surface area contributed by atoms with Crippen LogP contribution >= 0.6 is 0 Å². The van der Waals surface area contributed by atoms with Gasteiger partial charge in [0.25, 0.3) is 0 Å². The highest BCUT2D eigenvalue weighted by molar-refractivity contribution is 7.89. The van der Waals surface area contributed by atoms with Crippen LogP contribution in [-0.2, 0) is 10.0 Å². The zero-order valence-electron chi connectivity index (χ0n) is 12.2. The van der Waals surface area contributed by atoms with Gasteiger partial charge in [-0.05, 0) is 49.8 Å². The third-order valence-corrected chi connectivity index (χ3v) is 6.91. The van der Waals surface area contributed by atoms with Crippen LogP contribution in [0.25, 0.3) is 0 Å². The van der Waals surface area contributed by atoms with E-state index >= 15 is 0 Å². The summed E-state index contributed by atoms with van der Waals surface area (Å²) in [5, 5.41) is 0. The van der Waals surface area contributed by atoms with Gasteiger partial charge in [0, 0.05) is 12.6 Å². The summed E-state index contributed by atoms with van der Waals surface area (Å²) in [6.45, 7) is 2.18. The molecule has 1 saturated heterocycles. The summed E-state index contributed by atoms with van der Waals surface area (Å²) in [6, 6.07) is 2.57. The van der Waals surface area contributed by atoms with Gasteiger partial charge in [-0.2, -0.15) is 4.31 Å². The van der Waals surface area contributed by atoms with Crippen LogP contribution in [0.4, 0.5) is 10.1 Å². The molecular weight excluding hydrogens is 291 g/mol. The molecular formula is C15H21FN2O2S. The van der Waals surface area contributed by atoms with Crippen LogP contribution in [0.1, 0.15) is 37.7 Å². The van der Waals surface area contributed by atoms with Gasteiger partial charge < -0.3 is 5.73 Å². The highest BCUT2D eigenvalue weighted by atomic mass is 32.2. The number of benzene rings is 1. The van der Waals surface area contributed by atoms with Gasteiger partial charge in [0.1, 0.15) is 5.82 Å². The number of aryl methyl sites for hydroxylation is 1. The van der Waals surface area contributed by atoms with Crippen LogP contribution in [-0.4, -0.2) is 25.3 Å². The van der Waals surface area contributed by atoms with Crippen LogP contribution in [0.5, 0.6) is 0 Å². The SMILES string of the molecule is Cc1cc(F)c(N)cc1S(=O)(=O)N1CCC2CCCCC21. The molecule has 0 amide bonds. The van der Waals surface area contributed by atoms with Crippen molar-refractivity contribution in [3.63, 3.8) is 0 Å². The second kappa shape index (κ2) is 5.25. The fourth-order valence-corrected chi connectivity index (χ4v) is 5.71. The molecule has 1 aliphatic heterocycles. The predicted octanol–water partition coefficient (Wildman–Crippen LogP) is 2.67. The smallest absolute Gasteiger partial charge is 0.243 e. The molecule has 2 unspecified atom stereocenters. The van der Waals surface area contributed by atoms with Gasteiger partial charge in [0.15, 0.2) is 0 Å². The van der Waals surface area contributed by atoms with E-state index in [0.29, 0.717) is 18.0 Å². The molecule has 2 aliphatic rings. The molecule has 0 bridgehead atoms. The Morgan fingerprint density at radius 3 is 2.71 bits per heavy atom. The summed E-state index contributed by atoms with van der Waals surface area (Å²) in [6.07, 6.45) is 5.25. The zero-order chi connectivity index (χ0) is 15.2. The van der Waals surface area contributed by atoms with Gasteiger partial charge in [-0.25, -0.2) is 12.8 Å². The molecule has 0 aromatic heterocycles. The molecule has 116 valence electrons. The number of nitrogen functional groups attached to an aromatic ring is 1. The van der Waals surface area contributed by atoms with Crippen LogP contribution in [0.3, 0.4) is 0 Å². The molecule has 1 aliphatic carbocycles. The van der Waals surface area contributed by atoms with Crippen molar-refractivity contribution in [3.05, 3.63) is 23.5 Å². The maximum Gasteiger partial charge on any atom is 0.243 e. The summed E-state index contributed by atoms with van der Waals surface area (Å²) in [7, 11) is -3.59. The molecule has 0 spiro atoms. The van der Waals surface area contributed by atoms with Gasteiger partial charge in [-0.15, -0.1) is 0 Å². The molecule has 2 atom stereocenters. The highest BCUT2D eigenvalue weighted by Crippen LogP contribution is 2.39. The fourth-order valence-electron chi connectivity index (χ4n) is 3.73. The van der Waals surface area contributed by atoms with Crippen molar-refractivity contribution in [1.82, 2.24) is 4.31 Å². The lowest BCUT2D eigenvalue weighted by atomic mass is 9.86. The third kappa shape index (κ3) is 2.44. The van der Waals surface area contributed by atoms with E-state index in [1.54, 1.807) is 11.2 Å². The van der Waals surface area contributed by atoms with E-state index in [-0.39, 0.29) is 16.6 Å². The Balaban J connectivity index is 1.99. The van der Waals surface area contributed by atoms with E-state index < -0.39 is 15.8 Å². The molecule has 1 aromatic rings. The average Bonchev–Trinajstić information content (AvgIpc) is 2.87. The number of halogens is 1. The van der Waals surface area contributed by atoms with Crippen molar-refractivity contribution >= 4 is 15.7 Å². The van der Waals surface area contributed by atoms with E-state index in [0.717, 1.165) is 25.7 Å². The Kier molecular flexibility index (Phi) is 3.69. The van der Waals surface area contributed by atoms with Gasteiger partial charge >= 0.3 is 0 Å². The molecule has 2 fully saturated rings. The predicted molar refractivity (Wildman–Crippen MR) is 79.8 cm³/mol. The first kappa shape index (κ1) is 14.8. The molecule has 1 saturated carbocycles. The summed E-state index contributed by atoms with van der Waals surface area (Å²) in [4.78, 5) is 0.146. The van der Waals surface area contributed by atoms with Crippen molar-refractivity contribution in [2.45, 2.75) is 50.0 Å². The molecule has 2 N–H and O–H groups in total. The molecule has 6 heteroatoms. The summed E-state index contributed by atoms with van der Waals surface area (Å²) in [5.41, 5.74) is 5.86. The standard InChI is InChI=1S/C15H21FN2O2S/c1-10-8-12(16)13(17)9-15(10)21(19,20)18-7-6-11-4-2-3-5-14(11)18/h8-9,11,14H,2-7,17H2,1H3. The number of hydrogen-bond donors (Lipinski definition) is 1. The Bertz CT molecular complexity index is 660. The number of fused-ring (bicyclic) bond motifs is 1. The summed E-state index contributed by atoms with van der Waals surface area (Å²) >= 11 is 0. The summed E-state index contributed by atoms with van der Waals surface area (Å²) < 4.78 is 40.9. The Hall–Kier alpha value is -1.14. The Morgan fingerprint density at radius 2 is 1.95 bits per heavy atom. The number of nitrogens with two attached hydrogens (primary N) is 1. The van der Waals surface area contributed by atoms with Crippen molar-refractivity contribution in [2.24, 2.45) is 5.92 Å². The Morgan fingerprint density at radius 1 is 1.24 bits per heavy atom. The van der Waals surface area contributed by atoms with Crippen LogP contribution < -0.4 is 5.73 Å². The lowest BCUT2D eigenvalue weighted by Crippen LogP contribution is -2.39. The number of nitrogens with zero attached hydrogens (tertiary/aromatic N) is 1. The number of anilines is 1. The highest BCUT2D eigenvalue weighted by Gasteiger charge is 2.42. The van der Waals surface area contributed by atoms with Gasteiger partial charge in [-0.1, -0.05) is 12.8 Å². The van der Waals surface area contributed by atoms with Crippen LogP contribution in [0.2, 0.25) is 0 Å². The van der Waals surface area contributed by atoms with Gasteiger partial charge in [0.05, 0.1) is 10.6 Å². The second-order valence-electron chi connectivity index (χ2n) is 6.16. The largest absolute Gasteiger partial charge is 0.396 e. The zero-order valence-corrected chi connectivity index (χ0v) is 13.0. The van der Waals surface area contributed by atoms with E-state index in [9.17, 15) is 12.8 Å². The van der Waals surface area contributed by atoms with Crippen LogP contribution in [0, 0.1) is 18.7 Å². The van der Waals surface area contributed by atoms with Crippen molar-refractivity contribution in [1.29, 1.82) is 0 Å². The maximum atomic E-state index is 13.5. The third-order valence-electron chi connectivity index (χ3n) is 4.84. The minimum absolute atomic E-state index is 0.106. The minimum Gasteiger partial charge on any atom is -0.396 e. The quantitative estimate of drug-likeness (QED) is 0.854. The Labute approximate surface area is 125 Å². The first-order valence-electron chi connectivity index (χ1n) is 7.48. The van der Waals surface area contributed by atoms with E-state index in [1.807, 2.05) is 0 Å². The van der Waals surface area contributed by atoms with Crippen molar-refractivity contribution in [2.75, 3.05) is 12.3 Å². The topological polar surface area (TPSA) is 63.4 Å². The number of sulfonamides is 1. The average molecular weight is 312 g/mol. The number of hydrogen-bond acceptors (Lipinski definition) is 3. The van der Waals surface area contributed by atoms with E-state index in [4.69, 9.17) is 5.73 Å². The molecule has 1 aromatic carbocycles. The molecule has 0 radical (unpaired) electrons. The minimum atomic E-state index is -3.59. The fraction of sp³-hybridized carbons (Fsp3) is 0.600.